The molecule has 0 radical (unpaired) electrons. The Hall–Kier alpha value is -2.11. The van der Waals surface area contributed by atoms with Gasteiger partial charge in [-0.05, 0) is 58.1 Å². The second kappa shape index (κ2) is 8.52. The fraction of sp³-hybridized carbons (Fsp3) is 0.650. The minimum absolute atomic E-state index is 0.214. The van der Waals surface area contributed by atoms with Crippen molar-refractivity contribution in [3.8, 4) is 0 Å². The minimum Gasteiger partial charge on any atom is -0.444 e. The van der Waals surface area contributed by atoms with Gasteiger partial charge in [0.1, 0.15) is 11.4 Å². The summed E-state index contributed by atoms with van der Waals surface area (Å²) in [6, 6.07) is 4.06. The highest BCUT2D eigenvalue weighted by atomic mass is 16.6. The van der Waals surface area contributed by atoms with Gasteiger partial charge in [0.2, 0.25) is 0 Å². The fourth-order valence-corrected chi connectivity index (χ4v) is 3.22. The second-order valence-corrected chi connectivity index (χ2v) is 7.64. The van der Waals surface area contributed by atoms with Crippen LogP contribution in [0.2, 0.25) is 0 Å². The van der Waals surface area contributed by atoms with Crippen molar-refractivity contribution in [3.05, 3.63) is 29.7 Å². The topological polar surface area (TPSA) is 59.7 Å². The molecule has 26 heavy (non-hydrogen) atoms. The summed E-state index contributed by atoms with van der Waals surface area (Å²) in [5, 5.41) is 8.65. The quantitative estimate of drug-likeness (QED) is 0.803. The molecule has 1 aliphatic heterocycles. The third-order valence-corrected chi connectivity index (χ3v) is 4.34. The van der Waals surface area contributed by atoms with Crippen molar-refractivity contribution < 1.29 is 9.53 Å². The Bertz CT molecular complexity index is 733. The maximum Gasteiger partial charge on any atom is 0.410 e. The third kappa shape index (κ3) is 4.96. The number of aryl methyl sites for hydroxylation is 1. The van der Waals surface area contributed by atoms with Crippen LogP contribution in [0.1, 0.15) is 58.8 Å². The largest absolute Gasteiger partial charge is 0.444 e. The maximum absolute atomic E-state index is 12.3. The summed E-state index contributed by atoms with van der Waals surface area (Å²) in [6.45, 7) is 13.2. The van der Waals surface area contributed by atoms with Crippen LogP contribution in [0.5, 0.6) is 0 Å². The van der Waals surface area contributed by atoms with Crippen LogP contribution in [-0.4, -0.2) is 44.3 Å². The van der Waals surface area contributed by atoms with Crippen molar-refractivity contribution in [3.63, 3.8) is 0 Å². The first kappa shape index (κ1) is 20.2. The van der Waals surface area contributed by atoms with Gasteiger partial charge in [-0.1, -0.05) is 19.9 Å². The van der Waals surface area contributed by atoms with Crippen molar-refractivity contribution in [2.75, 3.05) is 13.1 Å². The normalized spacial score (nSPS) is 17.6. The number of pyridine rings is 1. The summed E-state index contributed by atoms with van der Waals surface area (Å²) in [7, 11) is 0. The van der Waals surface area contributed by atoms with Gasteiger partial charge in [0.25, 0.3) is 0 Å². The van der Waals surface area contributed by atoms with E-state index in [4.69, 9.17) is 4.74 Å². The predicted molar refractivity (Wildman–Crippen MR) is 103 cm³/mol. The molecule has 0 aliphatic carbocycles. The van der Waals surface area contributed by atoms with Crippen LogP contribution in [0.3, 0.4) is 0 Å². The van der Waals surface area contributed by atoms with Gasteiger partial charge < -0.3 is 9.64 Å². The molecule has 6 heteroatoms. The number of carbonyl (C=O) groups excluding carboxylic acids is 1. The lowest BCUT2D eigenvalue weighted by Gasteiger charge is -2.33. The molecule has 1 aliphatic rings. The molecule has 1 fully saturated rings. The van der Waals surface area contributed by atoms with E-state index in [0.29, 0.717) is 5.92 Å². The van der Waals surface area contributed by atoms with Gasteiger partial charge in [-0.3, -0.25) is 4.40 Å². The Labute approximate surface area is 156 Å². The standard InChI is InChI=1S/C18H26N4O2.C2H6/c1-13-7-5-10-22-15(19-20-16(13)22)11-14-8-6-9-21(12-14)17(23)24-18(2,3)4;1-2/h5,7,10,14H,6,8-9,11-12H2,1-4H3;1-2H3. The van der Waals surface area contributed by atoms with Crippen LogP contribution in [0.15, 0.2) is 18.3 Å². The number of aromatic nitrogens is 3. The number of nitrogens with zero attached hydrogens (tertiary/aromatic N) is 4. The monoisotopic (exact) mass is 360 g/mol. The second-order valence-electron chi connectivity index (χ2n) is 7.64. The smallest absolute Gasteiger partial charge is 0.410 e. The van der Waals surface area contributed by atoms with Crippen LogP contribution in [0.4, 0.5) is 4.79 Å². The summed E-state index contributed by atoms with van der Waals surface area (Å²) in [5.41, 5.74) is 1.58. The molecular weight excluding hydrogens is 328 g/mol. The SMILES string of the molecule is CC.Cc1cccn2c(CC3CCCN(C(=O)OC(C)(C)C)C3)nnc12. The molecule has 1 unspecified atom stereocenters. The lowest BCUT2D eigenvalue weighted by molar-refractivity contribution is 0.0165. The lowest BCUT2D eigenvalue weighted by atomic mass is 9.94. The van der Waals surface area contributed by atoms with E-state index in [-0.39, 0.29) is 6.09 Å². The minimum atomic E-state index is -0.454. The number of ether oxygens (including phenoxy) is 1. The van der Waals surface area contributed by atoms with E-state index in [9.17, 15) is 4.79 Å². The van der Waals surface area contributed by atoms with Gasteiger partial charge in [0.05, 0.1) is 0 Å². The van der Waals surface area contributed by atoms with E-state index >= 15 is 0 Å². The van der Waals surface area contributed by atoms with E-state index in [1.54, 1.807) is 0 Å². The maximum atomic E-state index is 12.3. The summed E-state index contributed by atoms with van der Waals surface area (Å²) in [6.07, 6.45) is 4.71. The van der Waals surface area contributed by atoms with Crippen molar-refractivity contribution in [2.45, 2.75) is 66.4 Å². The molecule has 0 spiro atoms. The van der Waals surface area contributed by atoms with Gasteiger partial charge in [0, 0.05) is 25.7 Å². The molecule has 0 aromatic carbocycles. The van der Waals surface area contributed by atoms with E-state index in [2.05, 4.69) is 14.6 Å². The number of amides is 1. The molecule has 1 saturated heterocycles. The third-order valence-electron chi connectivity index (χ3n) is 4.34. The highest BCUT2D eigenvalue weighted by Crippen LogP contribution is 2.22. The zero-order valence-electron chi connectivity index (χ0n) is 17.0. The van der Waals surface area contributed by atoms with Crippen LogP contribution in [-0.2, 0) is 11.2 Å². The molecule has 0 bridgehead atoms. The van der Waals surface area contributed by atoms with Crippen molar-refractivity contribution in [2.24, 2.45) is 5.92 Å². The molecule has 144 valence electrons. The Morgan fingerprint density at radius 3 is 2.73 bits per heavy atom. The zero-order valence-corrected chi connectivity index (χ0v) is 17.0. The average Bonchev–Trinajstić information content (AvgIpc) is 3.00. The predicted octanol–water partition coefficient (Wildman–Crippen LogP) is 4.25. The molecule has 1 atom stereocenters. The summed E-state index contributed by atoms with van der Waals surface area (Å²) < 4.78 is 7.56. The van der Waals surface area contributed by atoms with Crippen LogP contribution in [0.25, 0.3) is 5.65 Å². The molecule has 0 N–H and O–H groups in total. The lowest BCUT2D eigenvalue weighted by Crippen LogP contribution is -2.43. The first-order chi connectivity index (χ1) is 12.3. The summed E-state index contributed by atoms with van der Waals surface area (Å²) >= 11 is 0. The van der Waals surface area contributed by atoms with Gasteiger partial charge in [0.15, 0.2) is 5.65 Å². The Morgan fingerprint density at radius 1 is 1.31 bits per heavy atom. The molecule has 6 nitrogen and oxygen atoms in total. The van der Waals surface area contributed by atoms with E-state index in [1.165, 1.54) is 0 Å². The number of hydrogen-bond donors (Lipinski definition) is 0. The molecule has 3 rings (SSSR count). The van der Waals surface area contributed by atoms with Gasteiger partial charge in [-0.2, -0.15) is 0 Å². The Morgan fingerprint density at radius 2 is 2.04 bits per heavy atom. The van der Waals surface area contributed by atoms with Gasteiger partial charge in [-0.15, -0.1) is 10.2 Å². The van der Waals surface area contributed by atoms with Crippen molar-refractivity contribution >= 4 is 11.7 Å². The highest BCUT2D eigenvalue weighted by Gasteiger charge is 2.28. The summed E-state index contributed by atoms with van der Waals surface area (Å²) in [5.74, 6) is 1.35. The van der Waals surface area contributed by atoms with Crippen LogP contribution < -0.4 is 0 Å². The zero-order chi connectivity index (χ0) is 19.3. The van der Waals surface area contributed by atoms with E-state index in [0.717, 1.165) is 49.4 Å². The number of carbonyl (C=O) groups is 1. The number of likely N-dealkylation sites (tertiary alicyclic amines) is 1. The van der Waals surface area contributed by atoms with Gasteiger partial charge >= 0.3 is 6.09 Å². The molecule has 2 aromatic rings. The number of piperidine rings is 1. The van der Waals surface area contributed by atoms with E-state index in [1.807, 2.05) is 64.8 Å². The first-order valence-corrected chi connectivity index (χ1v) is 9.60. The molecular formula is C20H32N4O2. The Balaban J connectivity index is 0.00000117. The number of rotatable bonds is 2. The van der Waals surface area contributed by atoms with Crippen molar-refractivity contribution in [1.82, 2.24) is 19.5 Å². The molecule has 2 aromatic heterocycles. The fourth-order valence-electron chi connectivity index (χ4n) is 3.22. The number of hydrogen-bond acceptors (Lipinski definition) is 4. The molecule has 1 amide bonds. The first-order valence-electron chi connectivity index (χ1n) is 9.60. The molecule has 0 saturated carbocycles. The highest BCUT2D eigenvalue weighted by molar-refractivity contribution is 5.68. The molecule has 3 heterocycles. The van der Waals surface area contributed by atoms with Crippen molar-refractivity contribution in [1.29, 1.82) is 0 Å². The van der Waals surface area contributed by atoms with E-state index < -0.39 is 5.60 Å². The van der Waals surface area contributed by atoms with Crippen LogP contribution in [0, 0.1) is 12.8 Å². The number of fused-ring (bicyclic) bond motifs is 1. The van der Waals surface area contributed by atoms with Crippen LogP contribution >= 0.6 is 0 Å². The summed E-state index contributed by atoms with van der Waals surface area (Å²) in [4.78, 5) is 14.1. The average molecular weight is 361 g/mol. The Kier molecular flexibility index (Phi) is 6.62. The van der Waals surface area contributed by atoms with Gasteiger partial charge in [-0.25, -0.2) is 4.79 Å².